The third kappa shape index (κ3) is 5.45. The first-order chi connectivity index (χ1) is 10.3. The highest BCUT2D eigenvalue weighted by Gasteiger charge is 2.27. The molecular weight excluding hydrogens is 310 g/mol. The molecule has 1 amide bonds. The highest BCUT2D eigenvalue weighted by Crippen LogP contribution is 2.11. The van der Waals surface area contributed by atoms with Crippen LogP contribution < -0.4 is 5.32 Å². The summed E-state index contributed by atoms with van der Waals surface area (Å²) in [6.45, 7) is 1.96. The number of amides is 1. The molecule has 22 heavy (non-hydrogen) atoms. The molecule has 0 aliphatic heterocycles. The summed E-state index contributed by atoms with van der Waals surface area (Å²) in [6.07, 6.45) is 1.50. The zero-order valence-corrected chi connectivity index (χ0v) is 13.2. The van der Waals surface area contributed by atoms with Gasteiger partial charge in [-0.15, -0.1) is 0 Å². The molecule has 1 atom stereocenters. The third-order valence-electron chi connectivity index (χ3n) is 2.95. The van der Waals surface area contributed by atoms with Gasteiger partial charge in [-0.1, -0.05) is 31.5 Å². The molecular formula is C14H19NO6S. The first-order valence-corrected chi connectivity index (χ1v) is 8.31. The topological polar surface area (TPSA) is 110 Å². The van der Waals surface area contributed by atoms with Crippen LogP contribution in [-0.2, 0) is 26.1 Å². The number of carbonyl (C=O) groups is 2. The normalized spacial score (nSPS) is 12.5. The second kappa shape index (κ2) is 7.90. The van der Waals surface area contributed by atoms with Crippen molar-refractivity contribution in [1.29, 1.82) is 0 Å². The van der Waals surface area contributed by atoms with Gasteiger partial charge in [-0.05, 0) is 18.1 Å². The van der Waals surface area contributed by atoms with Crippen molar-refractivity contribution in [1.82, 2.24) is 5.32 Å². The van der Waals surface area contributed by atoms with Crippen LogP contribution in [0.25, 0.3) is 0 Å². The van der Waals surface area contributed by atoms with Crippen LogP contribution in [0.1, 0.15) is 29.3 Å². The Bertz CT molecular complexity index is 640. The number of carbonyl (C=O) groups excluding carboxylic acids is 2. The molecule has 0 spiro atoms. The lowest BCUT2D eigenvalue weighted by atomic mass is 10.0. The van der Waals surface area contributed by atoms with Crippen molar-refractivity contribution in [2.75, 3.05) is 12.9 Å². The number of esters is 1. The molecule has 0 saturated carbocycles. The number of nitrogens with one attached hydrogen (secondary N) is 1. The second-order valence-electron chi connectivity index (χ2n) is 4.70. The number of benzene rings is 1. The van der Waals surface area contributed by atoms with E-state index in [1.54, 1.807) is 24.3 Å². The summed E-state index contributed by atoms with van der Waals surface area (Å²) in [6, 6.07) is 5.36. The van der Waals surface area contributed by atoms with E-state index in [2.05, 4.69) is 10.1 Å². The minimum absolute atomic E-state index is 0.355. The van der Waals surface area contributed by atoms with E-state index in [9.17, 15) is 18.0 Å². The van der Waals surface area contributed by atoms with E-state index in [4.69, 9.17) is 4.55 Å². The number of ether oxygens (including phenoxy) is 1. The number of hydrogen-bond acceptors (Lipinski definition) is 5. The van der Waals surface area contributed by atoms with Crippen molar-refractivity contribution in [3.8, 4) is 0 Å². The zero-order valence-electron chi connectivity index (χ0n) is 12.4. The van der Waals surface area contributed by atoms with Crippen molar-refractivity contribution in [3.05, 3.63) is 35.4 Å². The molecule has 0 saturated heterocycles. The molecule has 0 heterocycles. The minimum atomic E-state index is -4.44. The van der Waals surface area contributed by atoms with Crippen LogP contribution in [0.4, 0.5) is 0 Å². The van der Waals surface area contributed by atoms with Crippen LogP contribution in [0.2, 0.25) is 0 Å². The van der Waals surface area contributed by atoms with E-state index < -0.39 is 33.8 Å². The SMILES string of the molecule is CCCc1ccccc1C(=O)N[C@@H](CS(=O)(=O)O)C(=O)OC. The van der Waals surface area contributed by atoms with Crippen LogP contribution in [0.15, 0.2) is 24.3 Å². The molecule has 0 aliphatic carbocycles. The molecule has 0 unspecified atom stereocenters. The van der Waals surface area contributed by atoms with Crippen LogP contribution >= 0.6 is 0 Å². The lowest BCUT2D eigenvalue weighted by molar-refractivity contribution is -0.142. The molecule has 0 bridgehead atoms. The molecule has 0 radical (unpaired) electrons. The van der Waals surface area contributed by atoms with Gasteiger partial charge in [0.2, 0.25) is 0 Å². The van der Waals surface area contributed by atoms with Crippen LogP contribution in [0.3, 0.4) is 0 Å². The van der Waals surface area contributed by atoms with Crippen molar-refractivity contribution in [2.45, 2.75) is 25.8 Å². The van der Waals surface area contributed by atoms with Gasteiger partial charge in [-0.3, -0.25) is 9.35 Å². The summed E-state index contributed by atoms with van der Waals surface area (Å²) in [5.41, 5.74) is 1.14. The molecule has 0 aliphatic rings. The van der Waals surface area contributed by atoms with E-state index in [1.165, 1.54) is 0 Å². The molecule has 2 N–H and O–H groups in total. The third-order valence-corrected chi connectivity index (χ3v) is 3.70. The molecule has 0 fully saturated rings. The van der Waals surface area contributed by atoms with Crippen molar-refractivity contribution in [2.24, 2.45) is 0 Å². The quantitative estimate of drug-likeness (QED) is 0.565. The summed E-state index contributed by atoms with van der Waals surface area (Å²) < 4.78 is 35.2. The summed E-state index contributed by atoms with van der Waals surface area (Å²) >= 11 is 0. The fourth-order valence-electron chi connectivity index (χ4n) is 1.99. The first-order valence-electron chi connectivity index (χ1n) is 6.70. The van der Waals surface area contributed by atoms with Crippen LogP contribution in [0, 0.1) is 0 Å². The molecule has 8 heteroatoms. The molecule has 7 nitrogen and oxygen atoms in total. The van der Waals surface area contributed by atoms with Crippen molar-refractivity contribution in [3.63, 3.8) is 0 Å². The van der Waals surface area contributed by atoms with Gasteiger partial charge in [-0.2, -0.15) is 8.42 Å². The van der Waals surface area contributed by atoms with Crippen molar-refractivity contribution < 1.29 is 27.3 Å². The lowest BCUT2D eigenvalue weighted by Gasteiger charge is -2.16. The fourth-order valence-corrected chi connectivity index (χ4v) is 2.63. The Morgan fingerprint density at radius 1 is 1.32 bits per heavy atom. The maximum absolute atomic E-state index is 12.3. The van der Waals surface area contributed by atoms with E-state index in [0.29, 0.717) is 12.0 Å². The Labute approximate surface area is 129 Å². The predicted octanol–water partition coefficient (Wildman–Crippen LogP) is 0.798. The molecule has 1 rings (SSSR count). The highest BCUT2D eigenvalue weighted by atomic mass is 32.2. The van der Waals surface area contributed by atoms with Crippen LogP contribution in [-0.4, -0.2) is 43.8 Å². The van der Waals surface area contributed by atoms with Crippen LogP contribution in [0.5, 0.6) is 0 Å². The lowest BCUT2D eigenvalue weighted by Crippen LogP contribution is -2.46. The number of rotatable bonds is 7. The smallest absolute Gasteiger partial charge is 0.329 e. The molecule has 1 aromatic carbocycles. The predicted molar refractivity (Wildman–Crippen MR) is 80.1 cm³/mol. The van der Waals surface area contributed by atoms with E-state index >= 15 is 0 Å². The number of hydrogen-bond donors (Lipinski definition) is 2. The maximum atomic E-state index is 12.3. The summed E-state index contributed by atoms with van der Waals surface area (Å²) in [5.74, 6) is -2.48. The summed E-state index contributed by atoms with van der Waals surface area (Å²) in [4.78, 5) is 23.8. The fraction of sp³-hybridized carbons (Fsp3) is 0.429. The van der Waals surface area contributed by atoms with Gasteiger partial charge in [-0.25, -0.2) is 4.79 Å². The average Bonchev–Trinajstić information content (AvgIpc) is 2.45. The van der Waals surface area contributed by atoms with E-state index in [0.717, 1.165) is 19.1 Å². The Kier molecular flexibility index (Phi) is 6.51. The summed E-state index contributed by atoms with van der Waals surface area (Å²) in [5, 5.41) is 2.29. The van der Waals surface area contributed by atoms with Gasteiger partial charge in [0, 0.05) is 5.56 Å². The standard InChI is InChI=1S/C14H19NO6S/c1-3-6-10-7-4-5-8-11(10)13(16)15-12(14(17)21-2)9-22(18,19)20/h4-5,7-8,12H,3,6,9H2,1-2H3,(H,15,16)(H,18,19,20)/t12-/m0/s1. The Morgan fingerprint density at radius 2 is 1.95 bits per heavy atom. The number of methoxy groups -OCH3 is 1. The van der Waals surface area contributed by atoms with Gasteiger partial charge in [0.1, 0.15) is 11.8 Å². The van der Waals surface area contributed by atoms with Gasteiger partial charge in [0.15, 0.2) is 0 Å². The maximum Gasteiger partial charge on any atom is 0.329 e. The van der Waals surface area contributed by atoms with Gasteiger partial charge < -0.3 is 10.1 Å². The monoisotopic (exact) mass is 329 g/mol. The summed E-state index contributed by atoms with van der Waals surface area (Å²) in [7, 11) is -3.38. The van der Waals surface area contributed by atoms with Gasteiger partial charge in [0.25, 0.3) is 16.0 Å². The largest absolute Gasteiger partial charge is 0.467 e. The van der Waals surface area contributed by atoms with E-state index in [1.807, 2.05) is 6.92 Å². The molecule has 1 aromatic rings. The molecule has 122 valence electrons. The van der Waals surface area contributed by atoms with Gasteiger partial charge in [0.05, 0.1) is 7.11 Å². The average molecular weight is 329 g/mol. The first kappa shape index (κ1) is 18.1. The number of aryl methyl sites for hydroxylation is 1. The Hall–Kier alpha value is -1.93. The zero-order chi connectivity index (χ0) is 16.8. The Balaban J connectivity index is 2.98. The van der Waals surface area contributed by atoms with Gasteiger partial charge >= 0.3 is 5.97 Å². The second-order valence-corrected chi connectivity index (χ2v) is 6.20. The van der Waals surface area contributed by atoms with E-state index in [-0.39, 0.29) is 0 Å². The highest BCUT2D eigenvalue weighted by molar-refractivity contribution is 7.85. The Morgan fingerprint density at radius 3 is 2.50 bits per heavy atom. The molecule has 0 aromatic heterocycles. The minimum Gasteiger partial charge on any atom is -0.467 e. The van der Waals surface area contributed by atoms with Crippen molar-refractivity contribution >= 4 is 22.0 Å².